The Kier molecular flexibility index (Phi) is 5.33. The molecule has 0 aliphatic carbocycles. The van der Waals surface area contributed by atoms with Gasteiger partial charge in [-0.3, -0.25) is 10.1 Å². The van der Waals surface area contributed by atoms with Gasteiger partial charge in [-0.05, 0) is 36.1 Å². The van der Waals surface area contributed by atoms with E-state index in [1.54, 1.807) is 12.1 Å². The Labute approximate surface area is 152 Å². The molecule has 0 atom stereocenters. The predicted molar refractivity (Wildman–Crippen MR) is 95.9 cm³/mol. The van der Waals surface area contributed by atoms with Gasteiger partial charge < -0.3 is 14.5 Å². The SMILES string of the molecule is Cc1c(C(=O)OCC(=O)NC(=O)NCc2ccco2)sc2ccccc12. The third kappa shape index (κ3) is 4.09. The van der Waals surface area contributed by atoms with Crippen LogP contribution in [0, 0.1) is 6.92 Å². The average molecular weight is 372 g/mol. The summed E-state index contributed by atoms with van der Waals surface area (Å²) in [6, 6.07) is 10.3. The van der Waals surface area contributed by atoms with Crippen LogP contribution in [0.2, 0.25) is 0 Å². The molecule has 0 aliphatic rings. The Hall–Kier alpha value is -3.13. The Morgan fingerprint density at radius 1 is 1.15 bits per heavy atom. The summed E-state index contributed by atoms with van der Waals surface area (Å²) >= 11 is 1.31. The number of hydrogen-bond acceptors (Lipinski definition) is 6. The molecule has 7 nitrogen and oxygen atoms in total. The number of ether oxygens (including phenoxy) is 1. The maximum atomic E-state index is 12.2. The Bertz CT molecular complexity index is 946. The van der Waals surface area contributed by atoms with Gasteiger partial charge in [-0.1, -0.05) is 18.2 Å². The standard InChI is InChI=1S/C18H16N2O5S/c1-11-13-6-2-3-7-14(13)26-16(11)17(22)25-10-15(21)20-18(23)19-9-12-5-4-8-24-12/h2-8H,9-10H2,1H3,(H2,19,20,21,23). The number of aryl methyl sites for hydroxylation is 1. The first-order chi connectivity index (χ1) is 12.5. The number of hydrogen-bond donors (Lipinski definition) is 2. The molecule has 3 aromatic rings. The largest absolute Gasteiger partial charge is 0.467 e. The zero-order chi connectivity index (χ0) is 18.5. The smallest absolute Gasteiger partial charge is 0.349 e. The summed E-state index contributed by atoms with van der Waals surface area (Å²) in [5, 5.41) is 5.52. The number of imide groups is 1. The van der Waals surface area contributed by atoms with E-state index in [0.717, 1.165) is 15.6 Å². The minimum atomic E-state index is -0.714. The number of carbonyl (C=O) groups is 3. The van der Waals surface area contributed by atoms with E-state index in [2.05, 4.69) is 10.6 Å². The number of fused-ring (bicyclic) bond motifs is 1. The number of amides is 3. The molecule has 134 valence electrons. The van der Waals surface area contributed by atoms with E-state index in [-0.39, 0.29) is 6.54 Å². The van der Waals surface area contributed by atoms with Gasteiger partial charge >= 0.3 is 12.0 Å². The van der Waals surface area contributed by atoms with Crippen LogP contribution in [-0.2, 0) is 16.1 Å². The minimum absolute atomic E-state index is 0.146. The molecule has 0 saturated carbocycles. The molecular weight excluding hydrogens is 356 g/mol. The van der Waals surface area contributed by atoms with Crippen molar-refractivity contribution in [2.24, 2.45) is 0 Å². The molecule has 26 heavy (non-hydrogen) atoms. The van der Waals surface area contributed by atoms with Crippen LogP contribution in [0.5, 0.6) is 0 Å². The first-order valence-corrected chi connectivity index (χ1v) is 8.61. The van der Waals surface area contributed by atoms with Crippen molar-refractivity contribution in [3.63, 3.8) is 0 Å². The highest BCUT2D eigenvalue weighted by Gasteiger charge is 2.18. The second-order valence-electron chi connectivity index (χ2n) is 5.44. The summed E-state index contributed by atoms with van der Waals surface area (Å²) in [6.45, 7) is 1.44. The van der Waals surface area contributed by atoms with E-state index >= 15 is 0 Å². The van der Waals surface area contributed by atoms with Gasteiger partial charge in [0, 0.05) is 4.70 Å². The molecule has 2 N–H and O–H groups in total. The van der Waals surface area contributed by atoms with Crippen LogP contribution >= 0.6 is 11.3 Å². The van der Waals surface area contributed by atoms with Gasteiger partial charge in [0.05, 0.1) is 12.8 Å². The van der Waals surface area contributed by atoms with E-state index in [0.29, 0.717) is 10.6 Å². The van der Waals surface area contributed by atoms with Crippen molar-refractivity contribution in [3.8, 4) is 0 Å². The van der Waals surface area contributed by atoms with Gasteiger partial charge in [0.25, 0.3) is 5.91 Å². The minimum Gasteiger partial charge on any atom is -0.467 e. The van der Waals surface area contributed by atoms with Crippen molar-refractivity contribution in [2.75, 3.05) is 6.61 Å². The third-order valence-electron chi connectivity index (χ3n) is 3.62. The topological polar surface area (TPSA) is 97.6 Å². The Balaban J connectivity index is 1.49. The van der Waals surface area contributed by atoms with E-state index < -0.39 is 24.5 Å². The lowest BCUT2D eigenvalue weighted by Gasteiger charge is -2.06. The number of benzene rings is 1. The maximum absolute atomic E-state index is 12.2. The quantitative estimate of drug-likeness (QED) is 0.671. The Morgan fingerprint density at radius 2 is 1.96 bits per heavy atom. The number of nitrogens with one attached hydrogen (secondary N) is 2. The fourth-order valence-corrected chi connectivity index (χ4v) is 3.46. The number of urea groups is 1. The summed E-state index contributed by atoms with van der Waals surface area (Å²) in [5.74, 6) is -0.747. The van der Waals surface area contributed by atoms with Crippen molar-refractivity contribution in [1.29, 1.82) is 0 Å². The summed E-state index contributed by atoms with van der Waals surface area (Å²) < 4.78 is 11.0. The zero-order valence-corrected chi connectivity index (χ0v) is 14.7. The highest BCUT2D eigenvalue weighted by Crippen LogP contribution is 2.30. The van der Waals surface area contributed by atoms with Crippen LogP contribution in [0.3, 0.4) is 0 Å². The summed E-state index contributed by atoms with van der Waals surface area (Å²) in [4.78, 5) is 36.0. The zero-order valence-electron chi connectivity index (χ0n) is 13.9. The van der Waals surface area contributed by atoms with E-state index in [1.807, 2.05) is 31.2 Å². The highest BCUT2D eigenvalue weighted by molar-refractivity contribution is 7.21. The average Bonchev–Trinajstić information content (AvgIpc) is 3.26. The number of carbonyl (C=O) groups excluding carboxylic acids is 3. The first kappa shape index (κ1) is 17.7. The molecule has 3 amide bonds. The number of esters is 1. The summed E-state index contributed by atoms with van der Waals surface area (Å²) in [6.07, 6.45) is 1.48. The van der Waals surface area contributed by atoms with E-state index in [9.17, 15) is 14.4 Å². The maximum Gasteiger partial charge on any atom is 0.349 e. The van der Waals surface area contributed by atoms with Crippen LogP contribution in [0.1, 0.15) is 21.0 Å². The fourth-order valence-electron chi connectivity index (χ4n) is 2.35. The lowest BCUT2D eigenvalue weighted by atomic mass is 10.1. The number of thiophene rings is 1. The van der Waals surface area contributed by atoms with Gasteiger partial charge in [-0.15, -0.1) is 11.3 Å². The molecule has 1 aromatic carbocycles. The molecule has 0 bridgehead atoms. The molecule has 0 radical (unpaired) electrons. The van der Waals surface area contributed by atoms with Crippen LogP contribution in [0.4, 0.5) is 4.79 Å². The van der Waals surface area contributed by atoms with E-state index in [1.165, 1.54) is 17.6 Å². The van der Waals surface area contributed by atoms with Gasteiger partial charge in [-0.25, -0.2) is 9.59 Å². The van der Waals surface area contributed by atoms with Crippen molar-refractivity contribution in [2.45, 2.75) is 13.5 Å². The number of furan rings is 1. The summed E-state index contributed by atoms with van der Waals surface area (Å²) in [5.41, 5.74) is 0.812. The van der Waals surface area contributed by atoms with Gasteiger partial charge in [0.2, 0.25) is 0 Å². The van der Waals surface area contributed by atoms with Crippen LogP contribution in [0.15, 0.2) is 47.1 Å². The van der Waals surface area contributed by atoms with Gasteiger partial charge in [-0.2, -0.15) is 0 Å². The van der Waals surface area contributed by atoms with E-state index in [4.69, 9.17) is 9.15 Å². The fraction of sp³-hybridized carbons (Fsp3) is 0.167. The molecule has 0 unspecified atom stereocenters. The molecule has 0 spiro atoms. The highest BCUT2D eigenvalue weighted by atomic mass is 32.1. The summed E-state index contributed by atoms with van der Waals surface area (Å²) in [7, 11) is 0. The second kappa shape index (κ2) is 7.83. The first-order valence-electron chi connectivity index (χ1n) is 7.80. The molecule has 0 fully saturated rings. The van der Waals surface area contributed by atoms with Crippen LogP contribution in [-0.4, -0.2) is 24.5 Å². The van der Waals surface area contributed by atoms with Crippen molar-refractivity contribution < 1.29 is 23.5 Å². The van der Waals surface area contributed by atoms with Crippen molar-refractivity contribution in [3.05, 3.63) is 58.9 Å². The van der Waals surface area contributed by atoms with Gasteiger partial charge in [0.1, 0.15) is 10.6 Å². The lowest BCUT2D eigenvalue weighted by Crippen LogP contribution is -2.41. The predicted octanol–water partition coefficient (Wildman–Crippen LogP) is 2.99. The van der Waals surface area contributed by atoms with Gasteiger partial charge in [0.15, 0.2) is 6.61 Å². The molecule has 8 heteroatoms. The third-order valence-corrected chi connectivity index (χ3v) is 4.87. The Morgan fingerprint density at radius 3 is 2.69 bits per heavy atom. The molecule has 0 saturated heterocycles. The molecule has 0 aliphatic heterocycles. The second-order valence-corrected chi connectivity index (χ2v) is 6.49. The molecule has 3 rings (SSSR count). The van der Waals surface area contributed by atoms with Crippen LogP contribution < -0.4 is 10.6 Å². The van der Waals surface area contributed by atoms with Crippen molar-refractivity contribution in [1.82, 2.24) is 10.6 Å². The molecule has 2 aromatic heterocycles. The normalized spacial score (nSPS) is 10.5. The number of rotatable bonds is 5. The molecular formula is C18H16N2O5S. The molecule has 2 heterocycles. The lowest BCUT2D eigenvalue weighted by molar-refractivity contribution is -0.123. The van der Waals surface area contributed by atoms with Crippen molar-refractivity contribution >= 4 is 39.3 Å². The van der Waals surface area contributed by atoms with Crippen LogP contribution in [0.25, 0.3) is 10.1 Å². The monoisotopic (exact) mass is 372 g/mol.